The summed E-state index contributed by atoms with van der Waals surface area (Å²) in [6.45, 7) is 7.64. The van der Waals surface area contributed by atoms with Crippen molar-refractivity contribution >= 4 is 0 Å². The summed E-state index contributed by atoms with van der Waals surface area (Å²) < 4.78 is 10.4. The first-order chi connectivity index (χ1) is 10.2. The highest BCUT2D eigenvalue weighted by Gasteiger charge is 2.30. The lowest BCUT2D eigenvalue weighted by Gasteiger charge is -2.37. The first-order valence-electron chi connectivity index (χ1n) is 7.32. The number of nitrogens with zero attached hydrogens (tertiary/aromatic N) is 5. The Morgan fingerprint density at radius 1 is 1.33 bits per heavy atom. The molecular weight excluding hydrogens is 270 g/mol. The number of piperazine rings is 1. The summed E-state index contributed by atoms with van der Waals surface area (Å²) >= 11 is 0. The molecule has 0 saturated carbocycles. The molecule has 0 amide bonds. The Morgan fingerprint density at radius 3 is 2.90 bits per heavy atom. The van der Waals surface area contributed by atoms with Crippen LogP contribution in [0.3, 0.4) is 0 Å². The Morgan fingerprint density at radius 2 is 2.19 bits per heavy atom. The highest BCUT2D eigenvalue weighted by atomic mass is 16.5. The molecule has 1 aliphatic heterocycles. The zero-order valence-corrected chi connectivity index (χ0v) is 12.7. The molecule has 21 heavy (non-hydrogen) atoms. The van der Waals surface area contributed by atoms with Gasteiger partial charge in [-0.25, -0.2) is 0 Å². The highest BCUT2D eigenvalue weighted by molar-refractivity contribution is 5.14. The maximum atomic E-state index is 5.34. The summed E-state index contributed by atoms with van der Waals surface area (Å²) in [6, 6.07) is 0.143. The quantitative estimate of drug-likeness (QED) is 0.843. The Balaban J connectivity index is 1.71. The number of rotatable bonds is 4. The predicted molar refractivity (Wildman–Crippen MR) is 75.6 cm³/mol. The van der Waals surface area contributed by atoms with E-state index in [1.807, 2.05) is 6.92 Å². The minimum atomic E-state index is 0.143. The number of aryl methyl sites for hydroxylation is 2. The summed E-state index contributed by atoms with van der Waals surface area (Å²) in [5, 5.41) is 7.94. The molecule has 0 bridgehead atoms. The average molecular weight is 291 g/mol. The summed E-state index contributed by atoms with van der Waals surface area (Å²) in [4.78, 5) is 9.02. The number of hydrogen-bond donors (Lipinski definition) is 0. The molecule has 0 aliphatic carbocycles. The normalized spacial score (nSPS) is 21.0. The predicted octanol–water partition coefficient (Wildman–Crippen LogP) is 1.42. The van der Waals surface area contributed by atoms with Gasteiger partial charge in [-0.3, -0.25) is 9.80 Å². The SMILES string of the molecule is CCc1nocc1CN1CCN(C)C(c2nc(C)no2)C1. The number of aromatic nitrogens is 3. The summed E-state index contributed by atoms with van der Waals surface area (Å²) in [5.41, 5.74) is 2.21. The van der Waals surface area contributed by atoms with Gasteiger partial charge >= 0.3 is 0 Å². The number of hydrogen-bond acceptors (Lipinski definition) is 7. The lowest BCUT2D eigenvalue weighted by atomic mass is 10.1. The minimum Gasteiger partial charge on any atom is -0.364 e. The van der Waals surface area contributed by atoms with Crippen LogP contribution in [0.15, 0.2) is 15.3 Å². The van der Waals surface area contributed by atoms with Gasteiger partial charge in [0.1, 0.15) is 12.3 Å². The van der Waals surface area contributed by atoms with Crippen LogP contribution in [0, 0.1) is 6.92 Å². The molecular formula is C14H21N5O2. The van der Waals surface area contributed by atoms with Crippen molar-refractivity contribution in [1.82, 2.24) is 25.1 Å². The van der Waals surface area contributed by atoms with E-state index < -0.39 is 0 Å². The minimum absolute atomic E-state index is 0.143. The second kappa shape index (κ2) is 5.95. The van der Waals surface area contributed by atoms with Crippen molar-refractivity contribution in [2.24, 2.45) is 0 Å². The van der Waals surface area contributed by atoms with E-state index in [-0.39, 0.29) is 6.04 Å². The van der Waals surface area contributed by atoms with Crippen LogP contribution < -0.4 is 0 Å². The fourth-order valence-electron chi connectivity index (χ4n) is 2.73. The van der Waals surface area contributed by atoms with Gasteiger partial charge in [0.25, 0.3) is 0 Å². The van der Waals surface area contributed by atoms with Crippen LogP contribution in [0.1, 0.15) is 35.9 Å². The van der Waals surface area contributed by atoms with Gasteiger partial charge < -0.3 is 9.05 Å². The van der Waals surface area contributed by atoms with Gasteiger partial charge in [0.2, 0.25) is 5.89 Å². The molecule has 0 radical (unpaired) electrons. The lowest BCUT2D eigenvalue weighted by Crippen LogP contribution is -2.46. The van der Waals surface area contributed by atoms with Crippen molar-refractivity contribution in [2.75, 3.05) is 26.7 Å². The van der Waals surface area contributed by atoms with Gasteiger partial charge in [-0.2, -0.15) is 4.98 Å². The topological polar surface area (TPSA) is 71.4 Å². The third kappa shape index (κ3) is 2.98. The van der Waals surface area contributed by atoms with Crippen LogP contribution in [0.2, 0.25) is 0 Å². The standard InChI is InChI=1S/C14H21N5O2/c1-4-12-11(9-20-17-12)7-19-6-5-18(3)13(8-19)14-15-10(2)16-21-14/h9,13H,4-8H2,1-3H3. The molecule has 0 N–H and O–H groups in total. The van der Waals surface area contributed by atoms with Crippen LogP contribution in [0.4, 0.5) is 0 Å². The molecule has 2 aromatic heterocycles. The van der Waals surface area contributed by atoms with Gasteiger partial charge in [0, 0.05) is 31.7 Å². The van der Waals surface area contributed by atoms with E-state index in [2.05, 4.69) is 39.1 Å². The van der Waals surface area contributed by atoms with Gasteiger partial charge in [-0.05, 0) is 20.4 Å². The van der Waals surface area contributed by atoms with Crippen LogP contribution >= 0.6 is 0 Å². The molecule has 1 aliphatic rings. The maximum Gasteiger partial charge on any atom is 0.245 e. The monoisotopic (exact) mass is 291 g/mol. The fraction of sp³-hybridized carbons (Fsp3) is 0.643. The number of likely N-dealkylation sites (N-methyl/N-ethyl adjacent to an activating group) is 1. The van der Waals surface area contributed by atoms with Crippen molar-refractivity contribution in [3.8, 4) is 0 Å². The second-order valence-corrected chi connectivity index (χ2v) is 5.55. The van der Waals surface area contributed by atoms with Gasteiger partial charge in [0.15, 0.2) is 5.82 Å². The lowest BCUT2D eigenvalue weighted by molar-refractivity contribution is 0.0712. The first kappa shape index (κ1) is 14.2. The van der Waals surface area contributed by atoms with E-state index in [1.165, 1.54) is 5.56 Å². The van der Waals surface area contributed by atoms with Crippen LogP contribution in [-0.4, -0.2) is 51.8 Å². The summed E-state index contributed by atoms with van der Waals surface area (Å²) in [7, 11) is 2.10. The molecule has 7 nitrogen and oxygen atoms in total. The molecule has 3 heterocycles. The molecule has 114 valence electrons. The molecule has 0 spiro atoms. The average Bonchev–Trinajstić information content (AvgIpc) is 3.09. The molecule has 1 fully saturated rings. The molecule has 1 unspecified atom stereocenters. The second-order valence-electron chi connectivity index (χ2n) is 5.55. The molecule has 1 atom stereocenters. The zero-order valence-electron chi connectivity index (χ0n) is 12.7. The van der Waals surface area contributed by atoms with E-state index in [0.717, 1.165) is 38.3 Å². The van der Waals surface area contributed by atoms with E-state index >= 15 is 0 Å². The van der Waals surface area contributed by atoms with Crippen LogP contribution in [-0.2, 0) is 13.0 Å². The Labute approximate surface area is 123 Å². The van der Waals surface area contributed by atoms with Crippen molar-refractivity contribution in [2.45, 2.75) is 32.9 Å². The van der Waals surface area contributed by atoms with Gasteiger partial charge in [0.05, 0.1) is 5.69 Å². The summed E-state index contributed by atoms with van der Waals surface area (Å²) in [5.74, 6) is 1.38. The molecule has 7 heteroatoms. The van der Waals surface area contributed by atoms with E-state index in [1.54, 1.807) is 6.26 Å². The fourth-order valence-corrected chi connectivity index (χ4v) is 2.73. The van der Waals surface area contributed by atoms with E-state index in [0.29, 0.717) is 11.7 Å². The van der Waals surface area contributed by atoms with Gasteiger partial charge in [-0.1, -0.05) is 17.2 Å². The largest absolute Gasteiger partial charge is 0.364 e. The first-order valence-corrected chi connectivity index (χ1v) is 7.32. The van der Waals surface area contributed by atoms with Crippen LogP contribution in [0.5, 0.6) is 0 Å². The Kier molecular flexibility index (Phi) is 4.03. The maximum absolute atomic E-state index is 5.34. The third-order valence-electron chi connectivity index (χ3n) is 4.02. The highest BCUT2D eigenvalue weighted by Crippen LogP contribution is 2.24. The molecule has 3 rings (SSSR count). The molecule has 2 aromatic rings. The Bertz CT molecular complexity index is 594. The third-order valence-corrected chi connectivity index (χ3v) is 4.02. The molecule has 1 saturated heterocycles. The van der Waals surface area contributed by atoms with E-state index in [4.69, 9.17) is 9.05 Å². The van der Waals surface area contributed by atoms with Crippen molar-refractivity contribution < 1.29 is 9.05 Å². The van der Waals surface area contributed by atoms with Crippen molar-refractivity contribution in [1.29, 1.82) is 0 Å². The van der Waals surface area contributed by atoms with Crippen LogP contribution in [0.25, 0.3) is 0 Å². The smallest absolute Gasteiger partial charge is 0.245 e. The Hall–Kier alpha value is -1.73. The van der Waals surface area contributed by atoms with Crippen molar-refractivity contribution in [3.05, 3.63) is 29.2 Å². The van der Waals surface area contributed by atoms with Gasteiger partial charge in [-0.15, -0.1) is 0 Å². The molecule has 0 aromatic carbocycles. The van der Waals surface area contributed by atoms with Crippen molar-refractivity contribution in [3.63, 3.8) is 0 Å². The summed E-state index contributed by atoms with van der Waals surface area (Å²) in [6.07, 6.45) is 2.65. The zero-order chi connectivity index (χ0) is 14.8. The van der Waals surface area contributed by atoms with E-state index in [9.17, 15) is 0 Å².